The summed E-state index contributed by atoms with van der Waals surface area (Å²) in [6, 6.07) is 20.0. The number of benzene rings is 3. The summed E-state index contributed by atoms with van der Waals surface area (Å²) in [6.45, 7) is 6.82. The summed E-state index contributed by atoms with van der Waals surface area (Å²) in [5.74, 6) is 1.46. The number of rotatable bonds is 8. The highest BCUT2D eigenvalue weighted by atomic mass is 16.5. The maximum atomic E-state index is 12.5. The standard InChI is InChI=1S/C24H27NO3/c1-4-21(28-22-13-7-9-17(2)18(22)3)24(26)25-15-16-27-23-14-8-11-19-10-5-6-12-20(19)23/h5-14,21H,4,15-16H2,1-3H3,(H,25,26)/t21-/m0/s1. The third kappa shape index (κ3) is 4.63. The van der Waals surface area contributed by atoms with Crippen LogP contribution in [0.15, 0.2) is 60.7 Å². The van der Waals surface area contributed by atoms with E-state index in [2.05, 4.69) is 17.4 Å². The summed E-state index contributed by atoms with van der Waals surface area (Å²) in [6.07, 6.45) is 0.0849. The number of nitrogens with one attached hydrogen (secondary N) is 1. The van der Waals surface area contributed by atoms with Gasteiger partial charge in [-0.15, -0.1) is 0 Å². The van der Waals surface area contributed by atoms with E-state index >= 15 is 0 Å². The van der Waals surface area contributed by atoms with Gasteiger partial charge in [0.15, 0.2) is 6.10 Å². The fourth-order valence-electron chi connectivity index (χ4n) is 3.10. The van der Waals surface area contributed by atoms with E-state index in [0.717, 1.165) is 33.4 Å². The van der Waals surface area contributed by atoms with Gasteiger partial charge in [0, 0.05) is 5.39 Å². The molecule has 0 aliphatic rings. The molecule has 0 saturated heterocycles. The van der Waals surface area contributed by atoms with Gasteiger partial charge >= 0.3 is 0 Å². The summed E-state index contributed by atoms with van der Waals surface area (Å²) in [4.78, 5) is 12.5. The highest BCUT2D eigenvalue weighted by Crippen LogP contribution is 2.25. The van der Waals surface area contributed by atoms with Gasteiger partial charge in [-0.1, -0.05) is 55.5 Å². The molecule has 4 heteroatoms. The van der Waals surface area contributed by atoms with Crippen molar-refractivity contribution < 1.29 is 14.3 Å². The van der Waals surface area contributed by atoms with Crippen LogP contribution in [-0.2, 0) is 4.79 Å². The molecule has 0 fully saturated rings. The number of aryl methyl sites for hydroxylation is 1. The Balaban J connectivity index is 1.53. The lowest BCUT2D eigenvalue weighted by Gasteiger charge is -2.19. The monoisotopic (exact) mass is 377 g/mol. The summed E-state index contributed by atoms with van der Waals surface area (Å²) in [7, 11) is 0. The van der Waals surface area contributed by atoms with Crippen LogP contribution >= 0.6 is 0 Å². The van der Waals surface area contributed by atoms with Gasteiger partial charge < -0.3 is 14.8 Å². The first-order valence-corrected chi connectivity index (χ1v) is 9.71. The van der Waals surface area contributed by atoms with Gasteiger partial charge in [-0.05, 0) is 48.9 Å². The Morgan fingerprint density at radius 2 is 1.68 bits per heavy atom. The topological polar surface area (TPSA) is 47.6 Å². The van der Waals surface area contributed by atoms with Crippen molar-refractivity contribution in [3.05, 3.63) is 71.8 Å². The molecule has 0 aliphatic heterocycles. The summed E-state index contributed by atoms with van der Waals surface area (Å²) in [5, 5.41) is 5.12. The molecule has 0 heterocycles. The third-order valence-electron chi connectivity index (χ3n) is 4.90. The molecule has 0 radical (unpaired) electrons. The number of hydrogen-bond acceptors (Lipinski definition) is 3. The highest BCUT2D eigenvalue weighted by molar-refractivity contribution is 5.88. The zero-order valence-corrected chi connectivity index (χ0v) is 16.7. The molecule has 0 aromatic heterocycles. The molecule has 1 atom stereocenters. The van der Waals surface area contributed by atoms with Crippen molar-refractivity contribution in [3.63, 3.8) is 0 Å². The van der Waals surface area contributed by atoms with Crippen LogP contribution in [0.2, 0.25) is 0 Å². The maximum absolute atomic E-state index is 12.5. The molecule has 0 bridgehead atoms. The van der Waals surface area contributed by atoms with Crippen molar-refractivity contribution >= 4 is 16.7 Å². The van der Waals surface area contributed by atoms with Crippen LogP contribution in [-0.4, -0.2) is 25.2 Å². The van der Waals surface area contributed by atoms with E-state index in [-0.39, 0.29) is 5.91 Å². The largest absolute Gasteiger partial charge is 0.491 e. The van der Waals surface area contributed by atoms with Gasteiger partial charge in [0.05, 0.1) is 6.54 Å². The molecule has 0 unspecified atom stereocenters. The molecule has 0 saturated carbocycles. The van der Waals surface area contributed by atoms with E-state index < -0.39 is 6.10 Å². The van der Waals surface area contributed by atoms with Crippen molar-refractivity contribution in [2.45, 2.75) is 33.3 Å². The minimum absolute atomic E-state index is 0.120. The first-order valence-electron chi connectivity index (χ1n) is 9.71. The first kappa shape index (κ1) is 19.7. The van der Waals surface area contributed by atoms with Crippen molar-refractivity contribution in [2.75, 3.05) is 13.2 Å². The maximum Gasteiger partial charge on any atom is 0.261 e. The average Bonchev–Trinajstić information content (AvgIpc) is 2.72. The van der Waals surface area contributed by atoms with Crippen LogP contribution in [0, 0.1) is 13.8 Å². The summed E-state index contributed by atoms with van der Waals surface area (Å²) in [5.41, 5.74) is 2.21. The molecule has 4 nitrogen and oxygen atoms in total. The molecule has 146 valence electrons. The molecule has 28 heavy (non-hydrogen) atoms. The Bertz CT molecular complexity index is 946. The van der Waals surface area contributed by atoms with Crippen LogP contribution < -0.4 is 14.8 Å². The molecule has 0 spiro atoms. The smallest absolute Gasteiger partial charge is 0.261 e. The molecule has 3 aromatic rings. The average molecular weight is 377 g/mol. The summed E-state index contributed by atoms with van der Waals surface area (Å²) >= 11 is 0. The van der Waals surface area contributed by atoms with Crippen LogP contribution in [0.4, 0.5) is 0 Å². The van der Waals surface area contributed by atoms with Gasteiger partial charge in [-0.25, -0.2) is 0 Å². The molecule has 3 rings (SSSR count). The van der Waals surface area contributed by atoms with Crippen LogP contribution in [0.25, 0.3) is 10.8 Å². The second kappa shape index (κ2) is 9.27. The van der Waals surface area contributed by atoms with Gasteiger partial charge in [0.25, 0.3) is 5.91 Å². The SMILES string of the molecule is CC[C@H](Oc1cccc(C)c1C)C(=O)NCCOc1cccc2ccccc12. The lowest BCUT2D eigenvalue weighted by atomic mass is 10.1. The number of ether oxygens (including phenoxy) is 2. The fourth-order valence-corrected chi connectivity index (χ4v) is 3.10. The molecule has 3 aromatic carbocycles. The predicted molar refractivity (Wildman–Crippen MR) is 113 cm³/mol. The van der Waals surface area contributed by atoms with Crippen LogP contribution in [0.5, 0.6) is 11.5 Å². The van der Waals surface area contributed by atoms with Gasteiger partial charge in [-0.2, -0.15) is 0 Å². The third-order valence-corrected chi connectivity index (χ3v) is 4.90. The van der Waals surface area contributed by atoms with E-state index in [1.165, 1.54) is 0 Å². The molecular formula is C24H27NO3. The molecule has 0 aliphatic carbocycles. The van der Waals surface area contributed by atoms with E-state index in [4.69, 9.17) is 9.47 Å². The Morgan fingerprint density at radius 3 is 2.50 bits per heavy atom. The van der Waals surface area contributed by atoms with Crippen molar-refractivity contribution in [1.29, 1.82) is 0 Å². The molecule has 1 amide bonds. The first-order chi connectivity index (χ1) is 13.6. The number of carbonyl (C=O) groups excluding carboxylic acids is 1. The van der Waals surface area contributed by atoms with Gasteiger partial charge in [-0.3, -0.25) is 4.79 Å². The number of carbonyl (C=O) groups is 1. The zero-order valence-electron chi connectivity index (χ0n) is 16.7. The normalized spacial score (nSPS) is 11.8. The van der Waals surface area contributed by atoms with Crippen LogP contribution in [0.1, 0.15) is 24.5 Å². The summed E-state index contributed by atoms with van der Waals surface area (Å²) < 4.78 is 11.8. The minimum atomic E-state index is -0.516. The van der Waals surface area contributed by atoms with Gasteiger partial charge in [0.1, 0.15) is 18.1 Å². The second-order valence-electron chi connectivity index (χ2n) is 6.83. The number of amides is 1. The Labute approximate surface area is 166 Å². The lowest BCUT2D eigenvalue weighted by Crippen LogP contribution is -2.39. The highest BCUT2D eigenvalue weighted by Gasteiger charge is 2.19. The Kier molecular flexibility index (Phi) is 6.53. The van der Waals surface area contributed by atoms with Gasteiger partial charge in [0.2, 0.25) is 0 Å². The quantitative estimate of drug-likeness (QED) is 0.573. The number of hydrogen-bond donors (Lipinski definition) is 1. The Morgan fingerprint density at radius 1 is 0.964 bits per heavy atom. The zero-order chi connectivity index (χ0) is 19.9. The van der Waals surface area contributed by atoms with Crippen molar-refractivity contribution in [3.8, 4) is 11.5 Å². The van der Waals surface area contributed by atoms with Crippen molar-refractivity contribution in [2.24, 2.45) is 0 Å². The number of fused-ring (bicyclic) bond motifs is 1. The van der Waals surface area contributed by atoms with E-state index in [1.807, 2.05) is 69.3 Å². The Hall–Kier alpha value is -3.01. The molecular weight excluding hydrogens is 350 g/mol. The van der Waals surface area contributed by atoms with E-state index in [1.54, 1.807) is 0 Å². The molecule has 1 N–H and O–H groups in total. The van der Waals surface area contributed by atoms with Crippen LogP contribution in [0.3, 0.4) is 0 Å². The predicted octanol–water partition coefficient (Wildman–Crippen LogP) is 4.81. The fraction of sp³-hybridized carbons (Fsp3) is 0.292. The lowest BCUT2D eigenvalue weighted by molar-refractivity contribution is -0.128. The van der Waals surface area contributed by atoms with Crippen molar-refractivity contribution in [1.82, 2.24) is 5.32 Å². The second-order valence-corrected chi connectivity index (χ2v) is 6.83. The van der Waals surface area contributed by atoms with E-state index in [0.29, 0.717) is 19.6 Å². The van der Waals surface area contributed by atoms with E-state index in [9.17, 15) is 4.79 Å². The minimum Gasteiger partial charge on any atom is -0.491 e.